The molecule has 0 amide bonds. The summed E-state index contributed by atoms with van der Waals surface area (Å²) in [7, 11) is 0. The van der Waals surface area contributed by atoms with E-state index in [-0.39, 0.29) is 35.3 Å². The average molecular weight is 494 g/mol. The Balaban J connectivity index is 1.26. The van der Waals surface area contributed by atoms with Gasteiger partial charge in [0.1, 0.15) is 11.7 Å². The molecule has 6 rings (SSSR count). The van der Waals surface area contributed by atoms with Gasteiger partial charge in [0.05, 0.1) is 18.8 Å². The predicted octanol–water partition coefficient (Wildman–Crippen LogP) is 2.53. The van der Waals surface area contributed by atoms with Crippen molar-refractivity contribution in [1.29, 1.82) is 0 Å². The Morgan fingerprint density at radius 2 is 1.89 bits per heavy atom. The number of aromatic amines is 1. The Kier molecular flexibility index (Phi) is 5.30. The molecule has 0 aliphatic heterocycles. The van der Waals surface area contributed by atoms with Crippen LogP contribution in [0.4, 0.5) is 0 Å². The van der Waals surface area contributed by atoms with Crippen LogP contribution < -0.4 is 11.2 Å². The molecule has 36 heavy (non-hydrogen) atoms. The Hall–Kier alpha value is -2.81. The van der Waals surface area contributed by atoms with E-state index in [2.05, 4.69) is 35.2 Å². The summed E-state index contributed by atoms with van der Waals surface area (Å²) in [5, 5.41) is 18.8. The summed E-state index contributed by atoms with van der Waals surface area (Å²) in [6, 6.07) is -0.347. The average Bonchev–Trinajstić information content (AvgIpc) is 3.40. The molecule has 7 atom stereocenters. The fourth-order valence-electron chi connectivity index (χ4n) is 8.11. The summed E-state index contributed by atoms with van der Waals surface area (Å²) < 4.78 is 3.10. The molecular formula is C27H35N5O4. The molecular weight excluding hydrogens is 458 g/mol. The van der Waals surface area contributed by atoms with Crippen molar-refractivity contribution < 1.29 is 9.90 Å². The van der Waals surface area contributed by atoms with Crippen LogP contribution in [0.1, 0.15) is 76.1 Å². The van der Waals surface area contributed by atoms with Gasteiger partial charge in [0.15, 0.2) is 5.78 Å². The van der Waals surface area contributed by atoms with E-state index in [0.717, 1.165) is 44.9 Å². The molecule has 0 unspecified atom stereocenters. The minimum atomic E-state index is -0.491. The molecule has 2 aromatic heterocycles. The maximum absolute atomic E-state index is 13.8. The number of carbonyl (C=O) groups excluding carboxylic acids is 1. The standard InChI is InChI=1S/C27H35N5O4/c1-15-12-31(25(36)28-24(15)35)13-17-14-32(30-29-17)22-11-21-19-5-4-16-10-18(33)6-8-26(16,2)20(19)7-9-27(21,3)23(22)34/h4,12,14,18-22,33H,5-11,13H2,1-3H3,(H,28,35,36)/t18-,19+,20-,21-,22-,26-,27-/m0/s1. The quantitative estimate of drug-likeness (QED) is 0.634. The number of nitrogens with zero attached hydrogens (tertiary/aromatic N) is 4. The van der Waals surface area contributed by atoms with Crippen molar-refractivity contribution in [2.24, 2.45) is 28.6 Å². The number of carbonyl (C=O) groups is 1. The molecule has 192 valence electrons. The summed E-state index contributed by atoms with van der Waals surface area (Å²) in [4.78, 5) is 40.0. The van der Waals surface area contributed by atoms with Crippen LogP contribution in [0, 0.1) is 35.5 Å². The minimum Gasteiger partial charge on any atom is -0.393 e. The van der Waals surface area contributed by atoms with Crippen LogP contribution in [0.5, 0.6) is 0 Å². The first-order chi connectivity index (χ1) is 17.1. The minimum absolute atomic E-state index is 0.132. The number of hydrogen-bond donors (Lipinski definition) is 2. The third-order valence-electron chi connectivity index (χ3n) is 10.2. The molecule has 2 N–H and O–H groups in total. The van der Waals surface area contributed by atoms with E-state index in [4.69, 9.17) is 0 Å². The van der Waals surface area contributed by atoms with Gasteiger partial charge >= 0.3 is 5.69 Å². The van der Waals surface area contributed by atoms with Gasteiger partial charge in [-0.25, -0.2) is 9.48 Å². The topological polar surface area (TPSA) is 123 Å². The lowest BCUT2D eigenvalue weighted by Crippen LogP contribution is -2.50. The lowest BCUT2D eigenvalue weighted by atomic mass is 9.48. The van der Waals surface area contributed by atoms with Gasteiger partial charge in [-0.2, -0.15) is 0 Å². The zero-order valence-electron chi connectivity index (χ0n) is 21.2. The molecule has 3 saturated carbocycles. The van der Waals surface area contributed by atoms with E-state index in [1.807, 2.05) is 0 Å². The van der Waals surface area contributed by atoms with Gasteiger partial charge in [-0.1, -0.05) is 30.7 Å². The van der Waals surface area contributed by atoms with Gasteiger partial charge in [0.25, 0.3) is 5.56 Å². The molecule has 4 aliphatic rings. The molecule has 3 fully saturated rings. The Labute approximate surface area is 209 Å². The summed E-state index contributed by atoms with van der Waals surface area (Å²) in [6.45, 7) is 6.38. The van der Waals surface area contributed by atoms with Gasteiger partial charge in [0, 0.05) is 17.2 Å². The lowest BCUT2D eigenvalue weighted by Gasteiger charge is -2.56. The lowest BCUT2D eigenvalue weighted by molar-refractivity contribution is -0.134. The van der Waals surface area contributed by atoms with E-state index in [1.54, 1.807) is 17.8 Å². The molecule has 9 heteroatoms. The molecule has 4 aliphatic carbocycles. The highest BCUT2D eigenvalue weighted by Crippen LogP contribution is 2.65. The molecule has 9 nitrogen and oxygen atoms in total. The Morgan fingerprint density at radius 3 is 2.69 bits per heavy atom. The first-order valence-electron chi connectivity index (χ1n) is 13.2. The van der Waals surface area contributed by atoms with Crippen LogP contribution in [0.2, 0.25) is 0 Å². The summed E-state index contributed by atoms with van der Waals surface area (Å²) >= 11 is 0. The Morgan fingerprint density at radius 1 is 1.11 bits per heavy atom. The zero-order chi connectivity index (χ0) is 25.4. The zero-order valence-corrected chi connectivity index (χ0v) is 21.2. The second-order valence-corrected chi connectivity index (χ2v) is 12.1. The van der Waals surface area contributed by atoms with E-state index < -0.39 is 11.2 Å². The number of nitrogens with one attached hydrogen (secondary N) is 1. The summed E-state index contributed by atoms with van der Waals surface area (Å²) in [5.41, 5.74) is 1.34. The molecule has 0 spiro atoms. The molecule has 2 aromatic rings. The van der Waals surface area contributed by atoms with Crippen molar-refractivity contribution >= 4 is 5.78 Å². The van der Waals surface area contributed by atoms with Crippen molar-refractivity contribution in [1.82, 2.24) is 24.5 Å². The van der Waals surface area contributed by atoms with Gasteiger partial charge < -0.3 is 5.11 Å². The van der Waals surface area contributed by atoms with E-state index >= 15 is 0 Å². The number of fused-ring (bicyclic) bond motifs is 5. The second-order valence-electron chi connectivity index (χ2n) is 12.1. The number of hydrogen-bond acceptors (Lipinski definition) is 6. The fourth-order valence-corrected chi connectivity index (χ4v) is 8.11. The number of H-pyrrole nitrogens is 1. The highest BCUT2D eigenvalue weighted by Gasteiger charge is 2.61. The fraction of sp³-hybridized carbons (Fsp3) is 0.667. The van der Waals surface area contributed by atoms with Crippen molar-refractivity contribution in [2.75, 3.05) is 0 Å². The van der Waals surface area contributed by atoms with E-state index in [0.29, 0.717) is 29.0 Å². The Bertz CT molecular complexity index is 1370. The molecule has 0 radical (unpaired) electrons. The number of Topliss-reactive ketones (excluding diaryl/α,β-unsaturated/α-hetero) is 1. The van der Waals surface area contributed by atoms with Gasteiger partial charge in [0.2, 0.25) is 0 Å². The predicted molar refractivity (Wildman–Crippen MR) is 132 cm³/mol. The van der Waals surface area contributed by atoms with E-state index in [1.165, 1.54) is 16.3 Å². The second kappa shape index (κ2) is 8.10. The van der Waals surface area contributed by atoms with Crippen LogP contribution in [-0.4, -0.2) is 41.5 Å². The van der Waals surface area contributed by atoms with Gasteiger partial charge in [-0.05, 0) is 75.0 Å². The van der Waals surface area contributed by atoms with Crippen molar-refractivity contribution in [3.63, 3.8) is 0 Å². The maximum Gasteiger partial charge on any atom is 0.328 e. The van der Waals surface area contributed by atoms with Gasteiger partial charge in [-0.3, -0.25) is 19.1 Å². The molecule has 2 heterocycles. The summed E-state index contributed by atoms with van der Waals surface area (Å²) in [6.07, 6.45) is 11.8. The third kappa shape index (κ3) is 3.42. The van der Waals surface area contributed by atoms with Crippen molar-refractivity contribution in [2.45, 2.75) is 84.4 Å². The SMILES string of the molecule is Cc1cn(Cc2cn([C@H]3C[C@H]4[C@@H]5CC=C6C[C@@H](O)CC[C@]6(C)[C@H]5CC[C@]4(C)C3=O)nn2)c(=O)[nH]c1=O. The molecule has 0 aromatic carbocycles. The first kappa shape index (κ1) is 23.6. The van der Waals surface area contributed by atoms with E-state index in [9.17, 15) is 19.5 Å². The number of aliphatic hydroxyl groups excluding tert-OH is 1. The summed E-state index contributed by atoms with van der Waals surface area (Å²) in [5.74, 6) is 1.56. The molecule has 0 bridgehead atoms. The normalized spacial score (nSPS) is 37.7. The van der Waals surface area contributed by atoms with Crippen LogP contribution in [0.25, 0.3) is 0 Å². The highest BCUT2D eigenvalue weighted by atomic mass is 16.3. The number of rotatable bonds is 3. The number of allylic oxidation sites excluding steroid dienone is 1. The smallest absolute Gasteiger partial charge is 0.328 e. The van der Waals surface area contributed by atoms with Crippen LogP contribution >= 0.6 is 0 Å². The number of ketones is 1. The van der Waals surface area contributed by atoms with Gasteiger partial charge in [-0.15, -0.1) is 5.10 Å². The van der Waals surface area contributed by atoms with Crippen molar-refractivity contribution in [3.8, 4) is 0 Å². The van der Waals surface area contributed by atoms with Crippen molar-refractivity contribution in [3.05, 3.63) is 56.1 Å². The van der Waals surface area contributed by atoms with Crippen LogP contribution in [0.15, 0.2) is 33.6 Å². The maximum atomic E-state index is 13.8. The largest absolute Gasteiger partial charge is 0.393 e. The first-order valence-corrected chi connectivity index (χ1v) is 13.2. The van der Waals surface area contributed by atoms with Crippen LogP contribution in [0.3, 0.4) is 0 Å². The number of aliphatic hydroxyl groups is 1. The van der Waals surface area contributed by atoms with Crippen LogP contribution in [-0.2, 0) is 11.3 Å². The number of aromatic nitrogens is 5. The number of aryl methyl sites for hydroxylation is 1. The highest BCUT2D eigenvalue weighted by molar-refractivity contribution is 5.90. The molecule has 0 saturated heterocycles. The third-order valence-corrected chi connectivity index (χ3v) is 10.2. The monoisotopic (exact) mass is 493 g/mol.